The summed E-state index contributed by atoms with van der Waals surface area (Å²) in [4.78, 5) is 21.1. The first-order chi connectivity index (χ1) is 17.8. The van der Waals surface area contributed by atoms with Crippen molar-refractivity contribution in [3.05, 3.63) is 53.2 Å². The molecule has 196 valence electrons. The van der Waals surface area contributed by atoms with E-state index in [1.165, 1.54) is 20.3 Å². The minimum Gasteiger partial charge on any atom is -0.495 e. The zero-order valence-corrected chi connectivity index (χ0v) is 22.9. The number of aromatic nitrogens is 2. The Labute approximate surface area is 227 Å². The minimum atomic E-state index is -1.13. The monoisotopic (exact) mass is 563 g/mol. The maximum Gasteiger partial charge on any atom is 0.243 e. The molecule has 0 spiro atoms. The van der Waals surface area contributed by atoms with E-state index in [-0.39, 0.29) is 18.0 Å². The largest absolute Gasteiger partial charge is 0.495 e. The molecule has 1 fully saturated rings. The highest BCUT2D eigenvalue weighted by Gasteiger charge is 2.36. The van der Waals surface area contributed by atoms with Gasteiger partial charge in [0.15, 0.2) is 0 Å². The quantitative estimate of drug-likeness (QED) is 0.378. The Morgan fingerprint density at radius 2 is 1.86 bits per heavy atom. The molecule has 9 nitrogen and oxygen atoms in total. The predicted molar refractivity (Wildman–Crippen MR) is 148 cm³/mol. The maximum absolute atomic E-state index is 12.4. The number of carbonyl (C=O) groups is 1. The van der Waals surface area contributed by atoms with E-state index < -0.39 is 11.0 Å². The van der Waals surface area contributed by atoms with Crippen LogP contribution in [0.15, 0.2) is 43.1 Å². The molecule has 3 atom stereocenters. The summed E-state index contributed by atoms with van der Waals surface area (Å²) in [7, 11) is 1.92. The first kappa shape index (κ1) is 27.1. The molecule has 0 aliphatic carbocycles. The molecule has 0 saturated carbocycles. The van der Waals surface area contributed by atoms with Gasteiger partial charge in [-0.05, 0) is 23.8 Å². The summed E-state index contributed by atoms with van der Waals surface area (Å²) in [5.41, 5.74) is 2.03. The first-order valence-corrected chi connectivity index (χ1v) is 13.5. The molecule has 1 aromatic heterocycles. The minimum absolute atomic E-state index is 0.238. The zero-order valence-electron chi connectivity index (χ0n) is 20.6. The lowest BCUT2D eigenvalue weighted by Gasteiger charge is -2.20. The van der Waals surface area contributed by atoms with E-state index in [4.69, 9.17) is 32.7 Å². The fourth-order valence-electron chi connectivity index (χ4n) is 4.21. The summed E-state index contributed by atoms with van der Waals surface area (Å²) >= 11 is 13.2. The van der Waals surface area contributed by atoms with E-state index in [0.29, 0.717) is 57.4 Å². The number of nitrogens with zero attached hydrogens (tertiary/aromatic N) is 3. The van der Waals surface area contributed by atoms with E-state index in [9.17, 15) is 9.00 Å². The number of benzene rings is 2. The van der Waals surface area contributed by atoms with Crippen LogP contribution in [0.3, 0.4) is 0 Å². The molecular formula is C25H27Cl2N5O4S. The van der Waals surface area contributed by atoms with Crippen LogP contribution >= 0.6 is 23.2 Å². The predicted octanol–water partition coefficient (Wildman–Crippen LogP) is 4.07. The van der Waals surface area contributed by atoms with Crippen LogP contribution in [0.5, 0.6) is 11.5 Å². The molecule has 1 saturated heterocycles. The van der Waals surface area contributed by atoms with Crippen molar-refractivity contribution in [2.24, 2.45) is 0 Å². The van der Waals surface area contributed by atoms with Crippen LogP contribution in [-0.2, 0) is 15.8 Å². The van der Waals surface area contributed by atoms with E-state index in [1.54, 1.807) is 12.3 Å². The standard InChI is InChI=1S/C25H27Cl2N5O4S/c1-5-21(33)29-17-12-32(37(34)6-2)13-18(17)31-25-28-11-15-9-14(7-8-16(15)30-25)22-23(26)19(35-3)10-20(36-4)24(22)27/h5,7-11,17-18H,1,6,12-13H2,2-4H3,(H,29,33)(H,28,30,31). The Morgan fingerprint density at radius 3 is 2.49 bits per heavy atom. The molecule has 1 aliphatic rings. The Kier molecular flexibility index (Phi) is 8.53. The van der Waals surface area contributed by atoms with Crippen molar-refractivity contribution in [1.82, 2.24) is 19.6 Å². The second-order valence-corrected chi connectivity index (χ2v) is 10.8. The summed E-state index contributed by atoms with van der Waals surface area (Å²) in [6.07, 6.45) is 2.92. The van der Waals surface area contributed by atoms with Gasteiger partial charge >= 0.3 is 0 Å². The average molecular weight is 564 g/mol. The molecule has 37 heavy (non-hydrogen) atoms. The van der Waals surface area contributed by atoms with Crippen LogP contribution in [0.25, 0.3) is 22.0 Å². The van der Waals surface area contributed by atoms with Gasteiger partial charge in [-0.15, -0.1) is 0 Å². The number of methoxy groups -OCH3 is 2. The molecule has 4 rings (SSSR count). The van der Waals surface area contributed by atoms with Gasteiger partial charge in [0.25, 0.3) is 0 Å². The number of fused-ring (bicyclic) bond motifs is 1. The molecule has 0 bridgehead atoms. The van der Waals surface area contributed by atoms with Crippen LogP contribution < -0.4 is 20.1 Å². The molecule has 2 heterocycles. The van der Waals surface area contributed by atoms with Crippen molar-refractivity contribution < 1.29 is 18.5 Å². The van der Waals surface area contributed by atoms with Crippen molar-refractivity contribution in [1.29, 1.82) is 0 Å². The third-order valence-corrected chi connectivity index (χ3v) is 8.21. The summed E-state index contributed by atoms with van der Waals surface area (Å²) in [5.74, 6) is 1.49. The lowest BCUT2D eigenvalue weighted by Crippen LogP contribution is -2.45. The summed E-state index contributed by atoms with van der Waals surface area (Å²) in [5, 5.41) is 7.71. The summed E-state index contributed by atoms with van der Waals surface area (Å²) < 4.78 is 25.0. The van der Waals surface area contributed by atoms with E-state index in [0.717, 1.165) is 10.9 Å². The third kappa shape index (κ3) is 5.67. The second kappa shape index (κ2) is 11.6. The number of hydrogen-bond donors (Lipinski definition) is 2. The molecular weight excluding hydrogens is 537 g/mol. The maximum atomic E-state index is 12.4. The average Bonchev–Trinajstić information content (AvgIpc) is 3.30. The van der Waals surface area contributed by atoms with Crippen LogP contribution in [-0.4, -0.2) is 69.5 Å². The third-order valence-electron chi connectivity index (χ3n) is 6.09. The fourth-order valence-corrected chi connectivity index (χ4v) is 5.95. The molecule has 3 unspecified atom stereocenters. The molecule has 3 aromatic rings. The SMILES string of the molecule is C=CC(=O)NC1CN(S(=O)CC)CC1Nc1ncc2cc(-c3c(Cl)c(OC)cc(OC)c3Cl)ccc2n1. The molecule has 0 radical (unpaired) electrons. The highest BCUT2D eigenvalue weighted by Crippen LogP contribution is 2.46. The number of anilines is 1. The number of ether oxygens (including phenoxy) is 2. The molecule has 12 heteroatoms. The van der Waals surface area contributed by atoms with Gasteiger partial charge in [-0.1, -0.05) is 42.8 Å². The van der Waals surface area contributed by atoms with E-state index in [2.05, 4.69) is 27.2 Å². The Hall–Kier alpha value is -2.92. The van der Waals surface area contributed by atoms with Crippen molar-refractivity contribution in [3.8, 4) is 22.6 Å². The Bertz CT molecular complexity index is 1340. The lowest BCUT2D eigenvalue weighted by atomic mass is 10.0. The van der Waals surface area contributed by atoms with Crippen LogP contribution in [0.1, 0.15) is 6.92 Å². The van der Waals surface area contributed by atoms with Gasteiger partial charge in [0.1, 0.15) is 11.5 Å². The Balaban J connectivity index is 1.63. The molecule has 2 aromatic carbocycles. The first-order valence-electron chi connectivity index (χ1n) is 11.5. The normalized spacial score (nSPS) is 18.4. The van der Waals surface area contributed by atoms with Gasteiger partial charge in [0.2, 0.25) is 11.9 Å². The van der Waals surface area contributed by atoms with Crippen LogP contribution in [0.4, 0.5) is 5.95 Å². The van der Waals surface area contributed by atoms with E-state index in [1.807, 2.05) is 29.4 Å². The Morgan fingerprint density at radius 1 is 1.19 bits per heavy atom. The van der Waals surface area contributed by atoms with Gasteiger partial charge in [-0.2, -0.15) is 0 Å². The van der Waals surface area contributed by atoms with Crippen molar-refractivity contribution >= 4 is 56.9 Å². The number of carbonyl (C=O) groups excluding carboxylic acids is 1. The smallest absolute Gasteiger partial charge is 0.243 e. The lowest BCUT2D eigenvalue weighted by molar-refractivity contribution is -0.117. The van der Waals surface area contributed by atoms with Crippen LogP contribution in [0.2, 0.25) is 10.0 Å². The molecule has 2 N–H and O–H groups in total. The van der Waals surface area contributed by atoms with Gasteiger partial charge in [-0.3, -0.25) is 4.79 Å². The summed E-state index contributed by atoms with van der Waals surface area (Å²) in [6.45, 7) is 6.29. The van der Waals surface area contributed by atoms with Gasteiger partial charge in [0.05, 0.1) is 52.9 Å². The van der Waals surface area contributed by atoms with E-state index >= 15 is 0 Å². The fraction of sp³-hybridized carbons (Fsp3) is 0.320. The van der Waals surface area contributed by atoms with Crippen molar-refractivity contribution in [2.75, 3.05) is 38.4 Å². The van der Waals surface area contributed by atoms with Crippen molar-refractivity contribution in [3.63, 3.8) is 0 Å². The van der Waals surface area contributed by atoms with Crippen molar-refractivity contribution in [2.45, 2.75) is 19.0 Å². The molecule has 1 aliphatic heterocycles. The number of hydrogen-bond acceptors (Lipinski definition) is 7. The zero-order chi connectivity index (χ0) is 26.7. The van der Waals surface area contributed by atoms with Crippen LogP contribution in [0, 0.1) is 0 Å². The van der Waals surface area contributed by atoms with Gasteiger partial charge in [0, 0.05) is 42.1 Å². The number of amides is 1. The highest BCUT2D eigenvalue weighted by molar-refractivity contribution is 7.82. The second-order valence-electron chi connectivity index (χ2n) is 8.28. The topological polar surface area (TPSA) is 106 Å². The highest BCUT2D eigenvalue weighted by atomic mass is 35.5. The molecule has 1 amide bonds. The van der Waals surface area contributed by atoms with Gasteiger partial charge < -0.3 is 20.1 Å². The summed E-state index contributed by atoms with van der Waals surface area (Å²) in [6, 6.07) is 6.72. The number of halogens is 2. The van der Waals surface area contributed by atoms with Gasteiger partial charge in [-0.25, -0.2) is 18.5 Å². The number of rotatable bonds is 9. The number of nitrogens with one attached hydrogen (secondary N) is 2.